The lowest BCUT2D eigenvalue weighted by Gasteiger charge is -2.23. The summed E-state index contributed by atoms with van der Waals surface area (Å²) in [5, 5.41) is 6.76. The molecule has 0 aromatic heterocycles. The first kappa shape index (κ1) is 25.2. The van der Waals surface area contributed by atoms with Gasteiger partial charge in [-0.2, -0.15) is 0 Å². The second-order valence-corrected chi connectivity index (χ2v) is 8.11. The van der Waals surface area contributed by atoms with Crippen LogP contribution in [0.15, 0.2) is 35.3 Å². The monoisotopic (exact) mass is 503 g/mol. The van der Waals surface area contributed by atoms with E-state index >= 15 is 0 Å². The molecule has 6 heteroatoms. The minimum Gasteiger partial charge on any atom is -0.381 e. The van der Waals surface area contributed by atoms with Crippen LogP contribution in [0.1, 0.15) is 39.2 Å². The molecular formula is C22H38IN3O2. The van der Waals surface area contributed by atoms with Crippen molar-refractivity contribution < 1.29 is 9.47 Å². The Bertz CT molecular complexity index is 546. The highest BCUT2D eigenvalue weighted by Crippen LogP contribution is 2.22. The van der Waals surface area contributed by atoms with Crippen molar-refractivity contribution in [3.8, 4) is 0 Å². The van der Waals surface area contributed by atoms with Crippen molar-refractivity contribution in [3.05, 3.63) is 35.9 Å². The van der Waals surface area contributed by atoms with E-state index in [1.807, 2.05) is 0 Å². The second kappa shape index (κ2) is 14.2. The van der Waals surface area contributed by atoms with Gasteiger partial charge in [-0.3, -0.25) is 4.99 Å². The Morgan fingerprint density at radius 1 is 1.25 bits per heavy atom. The number of guanidine groups is 1. The molecule has 2 rings (SSSR count). The average Bonchev–Trinajstić information content (AvgIpc) is 3.16. The molecule has 1 aliphatic heterocycles. The van der Waals surface area contributed by atoms with Crippen molar-refractivity contribution in [1.29, 1.82) is 0 Å². The summed E-state index contributed by atoms with van der Waals surface area (Å²) >= 11 is 0. The number of hydrogen-bond donors (Lipinski definition) is 2. The molecule has 0 amide bonds. The molecule has 0 radical (unpaired) electrons. The summed E-state index contributed by atoms with van der Waals surface area (Å²) in [6, 6.07) is 10.6. The lowest BCUT2D eigenvalue weighted by atomic mass is 9.86. The molecular weight excluding hydrogens is 465 g/mol. The molecule has 0 saturated carbocycles. The molecule has 1 unspecified atom stereocenters. The smallest absolute Gasteiger partial charge is 0.191 e. The van der Waals surface area contributed by atoms with Gasteiger partial charge in [0.15, 0.2) is 5.96 Å². The van der Waals surface area contributed by atoms with Crippen LogP contribution in [0.3, 0.4) is 0 Å². The minimum atomic E-state index is 0. The Morgan fingerprint density at radius 3 is 2.71 bits per heavy atom. The van der Waals surface area contributed by atoms with Crippen LogP contribution in [0.4, 0.5) is 0 Å². The van der Waals surface area contributed by atoms with E-state index in [2.05, 4.69) is 61.7 Å². The van der Waals surface area contributed by atoms with Gasteiger partial charge in [0.25, 0.3) is 0 Å². The van der Waals surface area contributed by atoms with Crippen LogP contribution in [-0.2, 0) is 15.9 Å². The van der Waals surface area contributed by atoms with Crippen LogP contribution in [0, 0.1) is 11.3 Å². The van der Waals surface area contributed by atoms with Crippen LogP contribution in [0.2, 0.25) is 0 Å². The fourth-order valence-corrected chi connectivity index (χ4v) is 3.18. The normalized spacial score (nSPS) is 17.2. The van der Waals surface area contributed by atoms with E-state index in [0.29, 0.717) is 5.92 Å². The molecule has 0 aliphatic carbocycles. The topological polar surface area (TPSA) is 54.9 Å². The van der Waals surface area contributed by atoms with E-state index < -0.39 is 0 Å². The summed E-state index contributed by atoms with van der Waals surface area (Å²) in [5.41, 5.74) is 1.48. The Morgan fingerprint density at radius 2 is 2.04 bits per heavy atom. The predicted octanol–water partition coefficient (Wildman–Crippen LogP) is 3.87. The van der Waals surface area contributed by atoms with Crippen molar-refractivity contribution in [2.24, 2.45) is 16.3 Å². The predicted molar refractivity (Wildman–Crippen MR) is 128 cm³/mol. The fourth-order valence-electron chi connectivity index (χ4n) is 3.18. The van der Waals surface area contributed by atoms with E-state index in [0.717, 1.165) is 71.3 Å². The van der Waals surface area contributed by atoms with Crippen LogP contribution in [-0.4, -0.2) is 52.0 Å². The fraction of sp³-hybridized carbons (Fsp3) is 0.682. The first-order valence-corrected chi connectivity index (χ1v) is 10.3. The number of benzene rings is 1. The molecule has 1 saturated heterocycles. The summed E-state index contributed by atoms with van der Waals surface area (Å²) in [5.74, 6) is 1.48. The molecule has 5 nitrogen and oxygen atoms in total. The van der Waals surface area contributed by atoms with Gasteiger partial charge in [0.05, 0.1) is 13.2 Å². The quantitative estimate of drug-likeness (QED) is 0.208. The maximum absolute atomic E-state index is 5.76. The number of nitrogens with one attached hydrogen (secondary N) is 2. The molecule has 1 heterocycles. The van der Waals surface area contributed by atoms with Gasteiger partial charge in [-0.15, -0.1) is 24.0 Å². The van der Waals surface area contributed by atoms with E-state index in [1.165, 1.54) is 5.56 Å². The van der Waals surface area contributed by atoms with Gasteiger partial charge in [-0.05, 0) is 37.2 Å². The van der Waals surface area contributed by atoms with Crippen molar-refractivity contribution in [2.75, 3.05) is 46.1 Å². The lowest BCUT2D eigenvalue weighted by molar-refractivity contribution is 0.0888. The van der Waals surface area contributed by atoms with E-state index in [4.69, 9.17) is 14.5 Å². The first-order valence-electron chi connectivity index (χ1n) is 10.3. The molecule has 1 aliphatic rings. The Labute approximate surface area is 188 Å². The minimum absolute atomic E-state index is 0. The third-order valence-corrected chi connectivity index (χ3v) is 4.67. The molecule has 1 atom stereocenters. The number of halogens is 1. The average molecular weight is 503 g/mol. The van der Waals surface area contributed by atoms with Crippen molar-refractivity contribution in [3.63, 3.8) is 0 Å². The summed E-state index contributed by atoms with van der Waals surface area (Å²) < 4.78 is 11.1. The zero-order valence-corrected chi connectivity index (χ0v) is 20.0. The second-order valence-electron chi connectivity index (χ2n) is 8.11. The number of hydrogen-bond acceptors (Lipinski definition) is 3. The first-order chi connectivity index (χ1) is 13.1. The Balaban J connectivity index is 0.00000392. The van der Waals surface area contributed by atoms with Gasteiger partial charge in [-0.25, -0.2) is 0 Å². The Kier molecular flexibility index (Phi) is 12.7. The third kappa shape index (κ3) is 10.6. The summed E-state index contributed by atoms with van der Waals surface area (Å²) in [4.78, 5) is 4.80. The molecule has 160 valence electrons. The number of aliphatic imine (C=N–C) groups is 1. The van der Waals surface area contributed by atoms with E-state index in [-0.39, 0.29) is 29.4 Å². The van der Waals surface area contributed by atoms with Crippen LogP contribution < -0.4 is 10.6 Å². The van der Waals surface area contributed by atoms with Gasteiger partial charge in [0.2, 0.25) is 0 Å². The standard InChI is InChI=1S/C22H37N3O2.HI/c1-4-23-21(24-12-8-13-26-16-20-11-14-27-17-20)25-18-22(2,3)15-19-9-6-5-7-10-19;/h5-7,9-10,20H,4,8,11-18H2,1-3H3,(H2,23,24,25);1H. The van der Waals surface area contributed by atoms with Gasteiger partial charge >= 0.3 is 0 Å². The van der Waals surface area contributed by atoms with Crippen molar-refractivity contribution >= 4 is 29.9 Å². The van der Waals surface area contributed by atoms with E-state index in [1.54, 1.807) is 0 Å². The lowest BCUT2D eigenvalue weighted by Crippen LogP contribution is -2.39. The zero-order chi connectivity index (χ0) is 19.4. The number of nitrogens with zero attached hydrogens (tertiary/aromatic N) is 1. The SMILES string of the molecule is CCNC(=NCC(C)(C)Cc1ccccc1)NCCCOCC1CCOC1.I. The maximum atomic E-state index is 5.76. The molecule has 1 fully saturated rings. The summed E-state index contributed by atoms with van der Waals surface area (Å²) in [6.07, 6.45) is 3.13. The molecule has 1 aromatic rings. The molecule has 0 bridgehead atoms. The van der Waals surface area contributed by atoms with Crippen LogP contribution in [0.5, 0.6) is 0 Å². The van der Waals surface area contributed by atoms with Gasteiger partial charge in [0.1, 0.15) is 0 Å². The third-order valence-electron chi connectivity index (χ3n) is 4.67. The van der Waals surface area contributed by atoms with Gasteiger partial charge in [-0.1, -0.05) is 44.2 Å². The number of rotatable bonds is 11. The zero-order valence-electron chi connectivity index (χ0n) is 17.7. The van der Waals surface area contributed by atoms with Gasteiger partial charge in [0, 0.05) is 38.8 Å². The molecule has 0 spiro atoms. The number of ether oxygens (including phenoxy) is 2. The van der Waals surface area contributed by atoms with Crippen LogP contribution in [0.25, 0.3) is 0 Å². The molecule has 2 N–H and O–H groups in total. The van der Waals surface area contributed by atoms with E-state index in [9.17, 15) is 0 Å². The van der Waals surface area contributed by atoms with Crippen LogP contribution >= 0.6 is 24.0 Å². The van der Waals surface area contributed by atoms with Crippen molar-refractivity contribution in [2.45, 2.75) is 40.0 Å². The highest BCUT2D eigenvalue weighted by molar-refractivity contribution is 14.0. The highest BCUT2D eigenvalue weighted by atomic mass is 127. The molecule has 28 heavy (non-hydrogen) atoms. The summed E-state index contributed by atoms with van der Waals surface area (Å²) in [6.45, 7) is 12.5. The molecule has 1 aromatic carbocycles. The Hall–Kier alpha value is -0.860. The highest BCUT2D eigenvalue weighted by Gasteiger charge is 2.18. The maximum Gasteiger partial charge on any atom is 0.191 e. The van der Waals surface area contributed by atoms with Gasteiger partial charge < -0.3 is 20.1 Å². The summed E-state index contributed by atoms with van der Waals surface area (Å²) in [7, 11) is 0. The van der Waals surface area contributed by atoms with Crippen molar-refractivity contribution in [1.82, 2.24) is 10.6 Å². The largest absolute Gasteiger partial charge is 0.381 e.